The second-order valence-corrected chi connectivity index (χ2v) is 7.29. The van der Waals surface area contributed by atoms with Crippen molar-refractivity contribution >= 4 is 28.2 Å². The highest BCUT2D eigenvalue weighted by Gasteiger charge is 2.18. The fourth-order valence-corrected chi connectivity index (χ4v) is 3.87. The number of nitrogens with two attached hydrogens (primary N) is 1. The number of methoxy groups -OCH3 is 2. The van der Waals surface area contributed by atoms with Crippen LogP contribution in [0.4, 0.5) is 11.4 Å². The molecule has 0 aliphatic rings. The fourth-order valence-electron chi connectivity index (χ4n) is 3.87. The summed E-state index contributed by atoms with van der Waals surface area (Å²) >= 11 is 0. The number of nitrogens with one attached hydrogen (secondary N) is 1. The molecule has 0 unspecified atom stereocenters. The molecule has 8 nitrogen and oxygen atoms in total. The van der Waals surface area contributed by atoms with E-state index in [-0.39, 0.29) is 0 Å². The van der Waals surface area contributed by atoms with Crippen LogP contribution in [0.5, 0.6) is 11.5 Å². The van der Waals surface area contributed by atoms with Crippen molar-refractivity contribution in [2.45, 2.75) is 19.9 Å². The minimum absolute atomic E-state index is 0.298. The summed E-state index contributed by atoms with van der Waals surface area (Å²) < 4.78 is 12.9. The Labute approximate surface area is 186 Å². The van der Waals surface area contributed by atoms with Crippen LogP contribution >= 0.6 is 0 Å². The number of pyridine rings is 1. The molecule has 0 aliphatic heterocycles. The Morgan fingerprint density at radius 2 is 1.97 bits per heavy atom. The van der Waals surface area contributed by atoms with E-state index in [0.29, 0.717) is 40.2 Å². The van der Waals surface area contributed by atoms with Gasteiger partial charge in [-0.15, -0.1) is 0 Å². The highest BCUT2D eigenvalue weighted by Crippen LogP contribution is 2.37. The second kappa shape index (κ2) is 8.97. The van der Waals surface area contributed by atoms with Gasteiger partial charge in [-0.3, -0.25) is 9.78 Å². The van der Waals surface area contributed by atoms with Gasteiger partial charge >= 0.3 is 0 Å². The van der Waals surface area contributed by atoms with Crippen LogP contribution in [0.25, 0.3) is 10.9 Å². The monoisotopic (exact) mass is 431 g/mol. The number of imidazole rings is 1. The molecule has 4 aromatic rings. The Kier molecular flexibility index (Phi) is 5.93. The Bertz CT molecular complexity index is 1270. The van der Waals surface area contributed by atoms with Crippen molar-refractivity contribution in [2.24, 2.45) is 5.73 Å². The number of anilines is 2. The summed E-state index contributed by atoms with van der Waals surface area (Å²) in [6.45, 7) is 2.80. The van der Waals surface area contributed by atoms with Crippen LogP contribution in [0.3, 0.4) is 0 Å². The fraction of sp³-hybridized carbons (Fsp3) is 0.208. The average Bonchev–Trinajstić information content (AvgIpc) is 3.31. The number of fused-ring (bicyclic) bond motifs is 1. The molecular weight excluding hydrogens is 406 g/mol. The van der Waals surface area contributed by atoms with Gasteiger partial charge < -0.3 is 25.1 Å². The van der Waals surface area contributed by atoms with E-state index in [0.717, 1.165) is 23.2 Å². The van der Waals surface area contributed by atoms with Gasteiger partial charge in [0.25, 0.3) is 5.91 Å². The number of amides is 1. The van der Waals surface area contributed by atoms with Crippen molar-refractivity contribution in [1.82, 2.24) is 14.5 Å². The summed E-state index contributed by atoms with van der Waals surface area (Å²) in [5.74, 6) is 0.530. The molecule has 3 N–H and O–H groups in total. The van der Waals surface area contributed by atoms with Gasteiger partial charge in [0.2, 0.25) is 0 Å². The lowest BCUT2D eigenvalue weighted by atomic mass is 10.0. The van der Waals surface area contributed by atoms with E-state index < -0.39 is 5.91 Å². The topological polar surface area (TPSA) is 104 Å². The van der Waals surface area contributed by atoms with Gasteiger partial charge in [-0.05, 0) is 29.7 Å². The number of primary amides is 1. The Morgan fingerprint density at radius 1 is 1.19 bits per heavy atom. The zero-order valence-electron chi connectivity index (χ0n) is 18.3. The molecule has 0 spiro atoms. The third-order valence-corrected chi connectivity index (χ3v) is 5.44. The number of hydrogen-bond donors (Lipinski definition) is 2. The molecule has 8 heteroatoms. The third kappa shape index (κ3) is 3.94. The molecule has 2 aromatic carbocycles. The van der Waals surface area contributed by atoms with Crippen molar-refractivity contribution in [2.75, 3.05) is 19.5 Å². The third-order valence-electron chi connectivity index (χ3n) is 5.44. The molecule has 0 fully saturated rings. The van der Waals surface area contributed by atoms with Crippen molar-refractivity contribution in [3.8, 4) is 11.5 Å². The number of rotatable bonds is 8. The molecule has 0 radical (unpaired) electrons. The predicted octanol–water partition coefficient (Wildman–Crippen LogP) is 3.90. The van der Waals surface area contributed by atoms with Crippen LogP contribution in [0.15, 0.2) is 55.2 Å². The number of benzene rings is 2. The highest BCUT2D eigenvalue weighted by molar-refractivity contribution is 6.08. The van der Waals surface area contributed by atoms with E-state index >= 15 is 0 Å². The molecule has 164 valence electrons. The van der Waals surface area contributed by atoms with Crippen LogP contribution < -0.4 is 20.5 Å². The molecule has 2 heterocycles. The lowest BCUT2D eigenvalue weighted by molar-refractivity contribution is 0.100. The standard InChI is InChI=1S/C24H25N5O3/c1-4-16-15(13-29-9-8-26-14-29)6-5-7-19(16)28-23-17-10-21(31-2)22(32-3)11-20(17)27-12-18(23)24(25)30/h5-12,14H,4,13H2,1-3H3,(H2,25,30)(H,27,28). The zero-order chi connectivity index (χ0) is 22.7. The van der Waals surface area contributed by atoms with E-state index in [2.05, 4.69) is 28.3 Å². The molecule has 2 aromatic heterocycles. The summed E-state index contributed by atoms with van der Waals surface area (Å²) in [7, 11) is 3.14. The molecule has 1 amide bonds. The van der Waals surface area contributed by atoms with Crippen molar-refractivity contribution < 1.29 is 14.3 Å². The molecule has 0 saturated heterocycles. The van der Waals surface area contributed by atoms with Crippen molar-refractivity contribution in [3.05, 3.63) is 71.9 Å². The summed E-state index contributed by atoms with van der Waals surface area (Å²) in [5, 5.41) is 4.17. The van der Waals surface area contributed by atoms with Gasteiger partial charge in [-0.2, -0.15) is 0 Å². The van der Waals surface area contributed by atoms with E-state index in [1.807, 2.05) is 22.9 Å². The normalized spacial score (nSPS) is 10.8. The Balaban J connectivity index is 1.86. The highest BCUT2D eigenvalue weighted by atomic mass is 16.5. The van der Waals surface area contributed by atoms with Gasteiger partial charge in [0.1, 0.15) is 0 Å². The molecular formula is C24H25N5O3. The summed E-state index contributed by atoms with van der Waals surface area (Å²) in [6.07, 6.45) is 7.78. The zero-order valence-corrected chi connectivity index (χ0v) is 18.3. The summed E-state index contributed by atoms with van der Waals surface area (Å²) in [4.78, 5) is 20.8. The van der Waals surface area contributed by atoms with E-state index in [4.69, 9.17) is 15.2 Å². The molecule has 0 aliphatic carbocycles. The number of carbonyl (C=O) groups is 1. The van der Waals surface area contributed by atoms with Crippen LogP contribution in [-0.2, 0) is 13.0 Å². The number of carbonyl (C=O) groups excluding carboxylic acids is 1. The maximum atomic E-state index is 12.2. The van der Waals surface area contributed by atoms with Crippen LogP contribution in [0.2, 0.25) is 0 Å². The molecule has 0 bridgehead atoms. The first kappa shape index (κ1) is 21.2. The van der Waals surface area contributed by atoms with Gasteiger partial charge in [-0.1, -0.05) is 19.1 Å². The quantitative estimate of drug-likeness (QED) is 0.438. The second-order valence-electron chi connectivity index (χ2n) is 7.29. The smallest absolute Gasteiger partial charge is 0.252 e. The lowest BCUT2D eigenvalue weighted by Gasteiger charge is -2.19. The van der Waals surface area contributed by atoms with E-state index in [9.17, 15) is 4.79 Å². The van der Waals surface area contributed by atoms with Gasteiger partial charge in [0, 0.05) is 42.3 Å². The van der Waals surface area contributed by atoms with E-state index in [1.165, 1.54) is 6.20 Å². The first-order valence-electron chi connectivity index (χ1n) is 10.2. The number of aromatic nitrogens is 3. The first-order chi connectivity index (χ1) is 15.5. The predicted molar refractivity (Wildman–Crippen MR) is 124 cm³/mol. The number of hydrogen-bond acceptors (Lipinski definition) is 6. The first-order valence-corrected chi connectivity index (χ1v) is 10.2. The molecule has 4 rings (SSSR count). The van der Waals surface area contributed by atoms with Crippen molar-refractivity contribution in [3.63, 3.8) is 0 Å². The van der Waals surface area contributed by atoms with Crippen LogP contribution in [0, 0.1) is 0 Å². The van der Waals surface area contributed by atoms with Crippen molar-refractivity contribution in [1.29, 1.82) is 0 Å². The lowest BCUT2D eigenvalue weighted by Crippen LogP contribution is -2.15. The molecule has 0 atom stereocenters. The number of nitrogens with zero attached hydrogens (tertiary/aromatic N) is 3. The van der Waals surface area contributed by atoms with Crippen LogP contribution in [0.1, 0.15) is 28.4 Å². The Morgan fingerprint density at radius 3 is 2.62 bits per heavy atom. The Hall–Kier alpha value is -4.07. The summed E-state index contributed by atoms with van der Waals surface area (Å²) in [6, 6.07) is 9.66. The van der Waals surface area contributed by atoms with Gasteiger partial charge in [0.05, 0.1) is 37.3 Å². The largest absolute Gasteiger partial charge is 0.493 e. The number of ether oxygens (including phenoxy) is 2. The van der Waals surface area contributed by atoms with Crippen LogP contribution in [-0.4, -0.2) is 34.7 Å². The summed E-state index contributed by atoms with van der Waals surface area (Å²) in [5.41, 5.74) is 10.4. The van der Waals surface area contributed by atoms with E-state index in [1.54, 1.807) is 38.9 Å². The average molecular weight is 431 g/mol. The SMILES string of the molecule is CCc1c(Cn2ccnc2)cccc1Nc1c(C(N)=O)cnc2cc(OC)c(OC)cc12. The maximum Gasteiger partial charge on any atom is 0.252 e. The maximum absolute atomic E-state index is 12.2. The minimum Gasteiger partial charge on any atom is -0.493 e. The van der Waals surface area contributed by atoms with Gasteiger partial charge in [0.15, 0.2) is 11.5 Å². The molecule has 32 heavy (non-hydrogen) atoms. The van der Waals surface area contributed by atoms with Gasteiger partial charge in [-0.25, -0.2) is 4.98 Å². The molecule has 0 saturated carbocycles. The minimum atomic E-state index is -0.565.